The van der Waals surface area contributed by atoms with Crippen molar-refractivity contribution in [3.63, 3.8) is 0 Å². The Labute approximate surface area is 122 Å². The van der Waals surface area contributed by atoms with Gasteiger partial charge in [0.2, 0.25) is 0 Å². The van der Waals surface area contributed by atoms with E-state index in [4.69, 9.17) is 0 Å². The van der Waals surface area contributed by atoms with E-state index >= 15 is 0 Å². The Kier molecular flexibility index (Phi) is 3.32. The maximum absolute atomic E-state index is 4.68. The van der Waals surface area contributed by atoms with Crippen molar-refractivity contribution < 1.29 is 0 Å². The molecule has 0 spiro atoms. The molecule has 0 aliphatic heterocycles. The molecule has 20 heavy (non-hydrogen) atoms. The summed E-state index contributed by atoms with van der Waals surface area (Å²) in [5.74, 6) is 0. The molecule has 1 aromatic heterocycles. The lowest BCUT2D eigenvalue weighted by Gasteiger charge is -2.13. The van der Waals surface area contributed by atoms with E-state index in [0.717, 1.165) is 16.3 Å². The molecule has 2 aromatic carbocycles. The highest BCUT2D eigenvalue weighted by molar-refractivity contribution is 7.22. The molecular formula is C16H17N3S. The van der Waals surface area contributed by atoms with Crippen molar-refractivity contribution in [1.82, 2.24) is 4.98 Å². The molecule has 1 heterocycles. The van der Waals surface area contributed by atoms with Gasteiger partial charge >= 0.3 is 0 Å². The van der Waals surface area contributed by atoms with Crippen molar-refractivity contribution in [1.29, 1.82) is 0 Å². The number of thiazole rings is 1. The fourth-order valence-corrected chi connectivity index (χ4v) is 3.09. The molecule has 0 aliphatic rings. The summed E-state index contributed by atoms with van der Waals surface area (Å²) in [5.41, 5.74) is 4.54. The van der Waals surface area contributed by atoms with E-state index in [1.807, 2.05) is 14.1 Å². The molecule has 0 saturated heterocycles. The van der Waals surface area contributed by atoms with Gasteiger partial charge in [0, 0.05) is 25.5 Å². The second-order valence-electron chi connectivity index (χ2n) is 5.01. The molecule has 0 atom stereocenters. The summed E-state index contributed by atoms with van der Waals surface area (Å²) < 4.78 is 1.22. The third-order valence-corrected chi connectivity index (χ3v) is 4.17. The van der Waals surface area contributed by atoms with Crippen LogP contribution in [-0.2, 0) is 0 Å². The van der Waals surface area contributed by atoms with Gasteiger partial charge in [-0.25, -0.2) is 4.98 Å². The minimum Gasteiger partial charge on any atom is -0.378 e. The van der Waals surface area contributed by atoms with Gasteiger partial charge < -0.3 is 10.2 Å². The van der Waals surface area contributed by atoms with Gasteiger partial charge in [-0.1, -0.05) is 29.5 Å². The lowest BCUT2D eigenvalue weighted by atomic mass is 10.2. The van der Waals surface area contributed by atoms with Crippen molar-refractivity contribution >= 4 is 38.1 Å². The first-order valence-electron chi connectivity index (χ1n) is 6.54. The average molecular weight is 283 g/mol. The van der Waals surface area contributed by atoms with E-state index in [1.165, 1.54) is 16.0 Å². The number of para-hydroxylation sites is 1. The van der Waals surface area contributed by atoms with Gasteiger partial charge in [0.05, 0.1) is 10.2 Å². The van der Waals surface area contributed by atoms with Crippen molar-refractivity contribution in [3.05, 3.63) is 48.0 Å². The van der Waals surface area contributed by atoms with Crippen LogP contribution in [0.2, 0.25) is 0 Å². The van der Waals surface area contributed by atoms with Crippen LogP contribution in [0.1, 0.15) is 5.56 Å². The number of aromatic nitrogens is 1. The van der Waals surface area contributed by atoms with Crippen LogP contribution >= 0.6 is 11.3 Å². The first-order chi connectivity index (χ1) is 9.63. The lowest BCUT2D eigenvalue weighted by molar-refractivity contribution is 1.13. The monoisotopic (exact) mass is 283 g/mol. The van der Waals surface area contributed by atoms with E-state index in [9.17, 15) is 0 Å². The standard InChI is InChI=1S/C16H17N3S/c1-11-6-4-9-14-15(11)18-16(20-14)17-12-7-5-8-13(10-12)19(2)3/h4-10H,1-3H3,(H,17,18). The summed E-state index contributed by atoms with van der Waals surface area (Å²) in [6, 6.07) is 14.6. The van der Waals surface area contributed by atoms with Crippen LogP contribution in [0.25, 0.3) is 10.2 Å². The van der Waals surface area contributed by atoms with Crippen molar-refractivity contribution in [2.45, 2.75) is 6.92 Å². The molecule has 0 amide bonds. The van der Waals surface area contributed by atoms with Gasteiger partial charge in [0.1, 0.15) is 0 Å². The van der Waals surface area contributed by atoms with Gasteiger partial charge in [-0.15, -0.1) is 0 Å². The number of nitrogens with zero attached hydrogens (tertiary/aromatic N) is 2. The minimum atomic E-state index is 0.935. The fourth-order valence-electron chi connectivity index (χ4n) is 2.12. The predicted molar refractivity (Wildman–Crippen MR) is 88.4 cm³/mol. The van der Waals surface area contributed by atoms with Gasteiger partial charge in [-0.05, 0) is 36.8 Å². The summed E-state index contributed by atoms with van der Waals surface area (Å²) in [4.78, 5) is 6.77. The number of benzene rings is 2. The molecule has 4 heteroatoms. The number of hydrogen-bond acceptors (Lipinski definition) is 4. The average Bonchev–Trinajstić information content (AvgIpc) is 2.83. The highest BCUT2D eigenvalue weighted by atomic mass is 32.1. The summed E-state index contributed by atoms with van der Waals surface area (Å²) in [7, 11) is 4.08. The smallest absolute Gasteiger partial charge is 0.188 e. The van der Waals surface area contributed by atoms with Crippen LogP contribution in [-0.4, -0.2) is 19.1 Å². The molecule has 102 valence electrons. The zero-order valence-corrected chi connectivity index (χ0v) is 12.7. The molecular weight excluding hydrogens is 266 g/mol. The Morgan fingerprint density at radius 2 is 1.90 bits per heavy atom. The first kappa shape index (κ1) is 12.9. The number of nitrogens with one attached hydrogen (secondary N) is 1. The SMILES string of the molecule is Cc1cccc2sc(Nc3cccc(N(C)C)c3)nc12. The molecule has 3 nitrogen and oxygen atoms in total. The molecule has 0 saturated carbocycles. The zero-order valence-electron chi connectivity index (χ0n) is 11.8. The Hall–Kier alpha value is -2.07. The molecule has 1 N–H and O–H groups in total. The van der Waals surface area contributed by atoms with Gasteiger partial charge in [0.25, 0.3) is 0 Å². The Morgan fingerprint density at radius 3 is 2.65 bits per heavy atom. The van der Waals surface area contributed by atoms with Crippen LogP contribution in [0.15, 0.2) is 42.5 Å². The number of aryl methyl sites for hydroxylation is 1. The quantitative estimate of drug-likeness (QED) is 0.771. The number of rotatable bonds is 3. The molecule has 0 radical (unpaired) electrons. The molecule has 0 fully saturated rings. The maximum Gasteiger partial charge on any atom is 0.188 e. The van der Waals surface area contributed by atoms with Crippen molar-refractivity contribution in [2.75, 3.05) is 24.3 Å². The van der Waals surface area contributed by atoms with Crippen molar-refractivity contribution in [3.8, 4) is 0 Å². The van der Waals surface area contributed by atoms with E-state index in [0.29, 0.717) is 0 Å². The first-order valence-corrected chi connectivity index (χ1v) is 7.36. The van der Waals surface area contributed by atoms with Crippen LogP contribution in [0.4, 0.5) is 16.5 Å². The minimum absolute atomic E-state index is 0.935. The van der Waals surface area contributed by atoms with Gasteiger partial charge in [-0.3, -0.25) is 0 Å². The van der Waals surface area contributed by atoms with E-state index < -0.39 is 0 Å². The third kappa shape index (κ3) is 2.47. The summed E-state index contributed by atoms with van der Waals surface area (Å²) in [5, 5.41) is 4.33. The normalized spacial score (nSPS) is 10.8. The van der Waals surface area contributed by atoms with Crippen LogP contribution in [0.3, 0.4) is 0 Å². The Bertz CT molecular complexity index is 746. The summed E-state index contributed by atoms with van der Waals surface area (Å²) >= 11 is 1.68. The van der Waals surface area contributed by atoms with E-state index in [1.54, 1.807) is 11.3 Å². The summed E-state index contributed by atoms with van der Waals surface area (Å²) in [6.45, 7) is 2.10. The van der Waals surface area contributed by atoms with Gasteiger partial charge in [-0.2, -0.15) is 0 Å². The van der Waals surface area contributed by atoms with Crippen LogP contribution < -0.4 is 10.2 Å². The number of fused-ring (bicyclic) bond motifs is 1. The predicted octanol–water partition coefficient (Wildman–Crippen LogP) is 4.41. The highest BCUT2D eigenvalue weighted by Crippen LogP contribution is 2.30. The van der Waals surface area contributed by atoms with Gasteiger partial charge in [0.15, 0.2) is 5.13 Å². The number of hydrogen-bond donors (Lipinski definition) is 1. The maximum atomic E-state index is 4.68. The molecule has 0 bridgehead atoms. The van der Waals surface area contributed by atoms with Crippen molar-refractivity contribution in [2.24, 2.45) is 0 Å². The second kappa shape index (κ2) is 5.13. The Balaban J connectivity index is 1.93. The fraction of sp³-hybridized carbons (Fsp3) is 0.188. The Morgan fingerprint density at radius 1 is 1.10 bits per heavy atom. The molecule has 0 aliphatic carbocycles. The zero-order chi connectivity index (χ0) is 14.1. The molecule has 3 rings (SSSR count). The summed E-state index contributed by atoms with van der Waals surface area (Å²) in [6.07, 6.45) is 0. The van der Waals surface area contributed by atoms with Crippen LogP contribution in [0.5, 0.6) is 0 Å². The lowest BCUT2D eigenvalue weighted by Crippen LogP contribution is -2.08. The van der Waals surface area contributed by atoms with Crippen LogP contribution in [0, 0.1) is 6.92 Å². The van der Waals surface area contributed by atoms with E-state index in [2.05, 4.69) is 64.6 Å². The largest absolute Gasteiger partial charge is 0.378 e. The second-order valence-corrected chi connectivity index (χ2v) is 6.04. The molecule has 0 unspecified atom stereocenters. The third-order valence-electron chi connectivity index (χ3n) is 3.23. The number of anilines is 3. The topological polar surface area (TPSA) is 28.2 Å². The molecule has 3 aromatic rings. The highest BCUT2D eigenvalue weighted by Gasteiger charge is 2.06. The van der Waals surface area contributed by atoms with E-state index in [-0.39, 0.29) is 0 Å².